The summed E-state index contributed by atoms with van der Waals surface area (Å²) in [5.41, 5.74) is 4.21. The van der Waals surface area contributed by atoms with Gasteiger partial charge in [0.2, 0.25) is 0 Å². The van der Waals surface area contributed by atoms with Crippen LogP contribution < -0.4 is 5.32 Å². The van der Waals surface area contributed by atoms with E-state index in [0.717, 1.165) is 62.0 Å². The maximum Gasteiger partial charge on any atom is 0.410 e. The van der Waals surface area contributed by atoms with Gasteiger partial charge in [0.05, 0.1) is 6.61 Å². The Kier molecular flexibility index (Phi) is 12.2. The zero-order valence-electron chi connectivity index (χ0n) is 31.0. The normalized spacial score (nSPS) is 22.2. The zero-order chi connectivity index (χ0) is 36.8. The van der Waals surface area contributed by atoms with E-state index in [1.165, 1.54) is 0 Å². The molecule has 2 aromatic carbocycles. The molecule has 3 aliphatic heterocycles. The number of hydrogen-bond donors (Lipinski definition) is 2. The number of nitrogens with one attached hydrogen (secondary N) is 1. The number of carbonyl (C=O) groups excluding carboxylic acids is 4. The van der Waals surface area contributed by atoms with Gasteiger partial charge in [0.25, 0.3) is 5.91 Å². The Labute approximate surface area is 307 Å². The number of esters is 1. The summed E-state index contributed by atoms with van der Waals surface area (Å²) in [6.45, 7) is 9.98. The Bertz CT molecular complexity index is 1570. The molecule has 3 fully saturated rings. The van der Waals surface area contributed by atoms with E-state index < -0.39 is 12.2 Å². The number of aryl methyl sites for hydroxylation is 2. The summed E-state index contributed by atoms with van der Waals surface area (Å²) in [6.07, 6.45) is 5.27. The Morgan fingerprint density at radius 2 is 1.54 bits per heavy atom. The van der Waals surface area contributed by atoms with Crippen molar-refractivity contribution in [3.05, 3.63) is 58.7 Å². The van der Waals surface area contributed by atoms with Crippen LogP contribution in [0.5, 0.6) is 5.75 Å². The number of anilines is 1. The molecule has 0 spiro atoms. The van der Waals surface area contributed by atoms with Gasteiger partial charge in [-0.05, 0) is 100.0 Å². The van der Waals surface area contributed by atoms with Crippen molar-refractivity contribution in [2.24, 2.45) is 5.92 Å². The van der Waals surface area contributed by atoms with Crippen LogP contribution in [-0.4, -0.2) is 119 Å². The van der Waals surface area contributed by atoms with Crippen LogP contribution >= 0.6 is 0 Å². The number of nitrogens with zero attached hydrogens (tertiary/aromatic N) is 4. The first-order valence-electron chi connectivity index (χ1n) is 19.2. The lowest BCUT2D eigenvalue weighted by molar-refractivity contribution is -0.144. The monoisotopic (exact) mass is 717 g/mol. The number of likely N-dealkylation sites (tertiary alicyclic amines) is 1. The fourth-order valence-electron chi connectivity index (χ4n) is 8.53. The van der Waals surface area contributed by atoms with E-state index in [4.69, 9.17) is 9.47 Å². The molecule has 1 aliphatic carbocycles. The molecule has 3 heterocycles. The van der Waals surface area contributed by atoms with E-state index in [0.29, 0.717) is 81.7 Å². The number of benzene rings is 2. The van der Waals surface area contributed by atoms with Gasteiger partial charge in [-0.25, -0.2) is 9.59 Å². The number of phenolic OH excluding ortho intramolecular Hbond substituents is 1. The minimum absolute atomic E-state index is 0.00245. The van der Waals surface area contributed by atoms with Gasteiger partial charge in [-0.1, -0.05) is 30.3 Å². The number of aromatic hydroxyl groups is 1. The van der Waals surface area contributed by atoms with Crippen LogP contribution in [-0.2, 0) is 31.9 Å². The fraction of sp³-hybridized carbons (Fsp3) is 0.600. The van der Waals surface area contributed by atoms with Crippen molar-refractivity contribution in [3.63, 3.8) is 0 Å². The van der Waals surface area contributed by atoms with Crippen LogP contribution in [0.15, 0.2) is 36.4 Å². The number of amides is 4. The van der Waals surface area contributed by atoms with Crippen LogP contribution in [0.2, 0.25) is 0 Å². The lowest BCUT2D eigenvalue weighted by Gasteiger charge is -2.42. The minimum Gasteiger partial charge on any atom is -0.507 e. The number of hydrogen-bond acceptors (Lipinski definition) is 8. The summed E-state index contributed by atoms with van der Waals surface area (Å²) < 4.78 is 11.2. The molecule has 1 unspecified atom stereocenters. The highest BCUT2D eigenvalue weighted by Crippen LogP contribution is 2.31. The average Bonchev–Trinajstić information content (AvgIpc) is 3.31. The second-order valence-electron chi connectivity index (χ2n) is 14.9. The van der Waals surface area contributed by atoms with E-state index in [-0.39, 0.29) is 36.1 Å². The van der Waals surface area contributed by atoms with E-state index in [1.807, 2.05) is 67.0 Å². The molecule has 2 aromatic rings. The van der Waals surface area contributed by atoms with Crippen molar-refractivity contribution in [1.29, 1.82) is 0 Å². The van der Waals surface area contributed by atoms with Gasteiger partial charge in [0, 0.05) is 76.4 Å². The van der Waals surface area contributed by atoms with Crippen molar-refractivity contribution in [3.8, 4) is 5.75 Å². The number of urea groups is 1. The summed E-state index contributed by atoms with van der Waals surface area (Å²) >= 11 is 0. The maximum atomic E-state index is 14.1. The van der Waals surface area contributed by atoms with Crippen LogP contribution in [0.3, 0.4) is 0 Å². The lowest BCUT2D eigenvalue weighted by atomic mass is 9.83. The van der Waals surface area contributed by atoms with Crippen molar-refractivity contribution in [2.45, 2.75) is 96.7 Å². The molecule has 282 valence electrons. The molecule has 1 atom stereocenters. The van der Waals surface area contributed by atoms with E-state index in [9.17, 15) is 24.3 Å². The summed E-state index contributed by atoms with van der Waals surface area (Å²) in [7, 11) is 0. The Morgan fingerprint density at radius 3 is 2.21 bits per heavy atom. The second-order valence-corrected chi connectivity index (χ2v) is 14.9. The van der Waals surface area contributed by atoms with Crippen molar-refractivity contribution in [1.82, 2.24) is 19.6 Å². The minimum atomic E-state index is -1.01. The lowest BCUT2D eigenvalue weighted by Crippen LogP contribution is -2.55. The number of ether oxygens (including phenoxy) is 2. The average molecular weight is 718 g/mol. The number of piperidine rings is 1. The highest BCUT2D eigenvalue weighted by atomic mass is 16.6. The fourth-order valence-corrected chi connectivity index (χ4v) is 8.53. The van der Waals surface area contributed by atoms with Crippen molar-refractivity contribution < 1.29 is 33.8 Å². The largest absolute Gasteiger partial charge is 0.507 e. The van der Waals surface area contributed by atoms with Gasteiger partial charge in [0.1, 0.15) is 5.75 Å². The Balaban J connectivity index is 1.05. The third kappa shape index (κ3) is 9.00. The van der Waals surface area contributed by atoms with Gasteiger partial charge in [-0.15, -0.1) is 0 Å². The zero-order valence-corrected chi connectivity index (χ0v) is 31.0. The van der Waals surface area contributed by atoms with E-state index in [1.54, 1.807) is 4.90 Å². The number of piperazine rings is 1. The number of carbonyl (C=O) groups is 4. The molecule has 6 rings (SSSR count). The van der Waals surface area contributed by atoms with Crippen LogP contribution in [0, 0.1) is 19.8 Å². The molecular weight excluding hydrogens is 662 g/mol. The van der Waals surface area contributed by atoms with Gasteiger partial charge < -0.3 is 34.6 Å². The van der Waals surface area contributed by atoms with Gasteiger partial charge in [0.15, 0.2) is 6.10 Å². The molecule has 2 saturated heterocycles. The quantitative estimate of drug-likeness (QED) is 0.336. The van der Waals surface area contributed by atoms with Crippen molar-refractivity contribution in [2.75, 3.05) is 57.7 Å². The summed E-state index contributed by atoms with van der Waals surface area (Å²) in [5.74, 6) is 0.284. The molecule has 0 radical (unpaired) electrons. The topological polar surface area (TPSA) is 132 Å². The third-order valence-corrected chi connectivity index (χ3v) is 11.5. The number of rotatable bonds is 9. The van der Waals surface area contributed by atoms with Crippen LogP contribution in [0.4, 0.5) is 15.3 Å². The summed E-state index contributed by atoms with van der Waals surface area (Å²) in [4.78, 5) is 60.7. The van der Waals surface area contributed by atoms with E-state index in [2.05, 4.69) is 10.2 Å². The van der Waals surface area contributed by atoms with Crippen LogP contribution in [0.25, 0.3) is 0 Å². The number of para-hydroxylation sites is 1. The smallest absolute Gasteiger partial charge is 0.410 e. The highest BCUT2D eigenvalue weighted by molar-refractivity contribution is 5.91. The third-order valence-electron chi connectivity index (χ3n) is 11.5. The first-order valence-corrected chi connectivity index (χ1v) is 19.2. The molecule has 2 N–H and O–H groups in total. The number of fused-ring (bicyclic) bond motifs is 1. The van der Waals surface area contributed by atoms with E-state index >= 15 is 0 Å². The second kappa shape index (κ2) is 17.0. The Morgan fingerprint density at radius 1 is 0.865 bits per heavy atom. The standard InChI is InChI=1S/C40H55N5O7/c1-4-51-36(46)26-29-9-11-32(12-10-29)42-19-21-43(22-20-42)38(48)35(25-30-23-27(2)37(47)28(3)24-30)52-40(50)44-16-14-33(15-17-44)45-18-13-31-7-5-6-8-34(31)41-39(45)49/h5-8,23-24,29,32-33,35,47H,4,9-22,25-26H2,1-3H3,(H,41,49). The molecule has 12 heteroatoms. The van der Waals surface area contributed by atoms with Crippen molar-refractivity contribution >= 4 is 29.7 Å². The molecular formula is C40H55N5O7. The molecule has 12 nitrogen and oxygen atoms in total. The predicted molar refractivity (Wildman–Crippen MR) is 197 cm³/mol. The Hall–Kier alpha value is -4.32. The maximum absolute atomic E-state index is 14.1. The number of phenols is 1. The summed E-state index contributed by atoms with van der Waals surface area (Å²) in [6, 6.07) is 11.9. The SMILES string of the molecule is CCOC(=O)CC1CCC(N2CCN(C(=O)C(Cc3cc(C)c(O)c(C)c3)OC(=O)N3CCC(N4CCc5ccccc5NC4=O)CC3)CC2)CC1. The first kappa shape index (κ1) is 37.4. The molecule has 1 saturated carbocycles. The van der Waals surface area contributed by atoms with Crippen LogP contribution in [0.1, 0.15) is 74.1 Å². The molecule has 0 aromatic heterocycles. The predicted octanol–water partition coefficient (Wildman–Crippen LogP) is 5.27. The first-order chi connectivity index (χ1) is 25.1. The molecule has 52 heavy (non-hydrogen) atoms. The molecule has 0 bridgehead atoms. The van der Waals surface area contributed by atoms with Gasteiger partial charge in [-0.2, -0.15) is 0 Å². The molecule has 4 aliphatic rings. The molecule has 4 amide bonds. The van der Waals surface area contributed by atoms with Gasteiger partial charge in [-0.3, -0.25) is 14.5 Å². The highest BCUT2D eigenvalue weighted by Gasteiger charge is 2.37. The summed E-state index contributed by atoms with van der Waals surface area (Å²) in [5, 5.41) is 13.4. The van der Waals surface area contributed by atoms with Gasteiger partial charge >= 0.3 is 18.1 Å².